The Morgan fingerprint density at radius 2 is 1.61 bits per heavy atom. The summed E-state index contributed by atoms with van der Waals surface area (Å²) in [7, 11) is 2.90. The van der Waals surface area contributed by atoms with E-state index in [-0.39, 0.29) is 27.7 Å². The summed E-state index contributed by atoms with van der Waals surface area (Å²) in [6, 6.07) is 15.9. The molecule has 2 N–H and O–H groups in total. The van der Waals surface area contributed by atoms with Crippen molar-refractivity contribution < 1.29 is 33.4 Å². The minimum absolute atomic E-state index is 0.138. The fourth-order valence-electron chi connectivity index (χ4n) is 4.00. The summed E-state index contributed by atoms with van der Waals surface area (Å²) in [5.41, 5.74) is 2.31. The first-order valence-electron chi connectivity index (χ1n) is 12.6. The lowest BCUT2D eigenvalue weighted by Gasteiger charge is -2.19. The number of esters is 1. The van der Waals surface area contributed by atoms with Crippen molar-refractivity contribution >= 4 is 52.4 Å². The van der Waals surface area contributed by atoms with Crippen LogP contribution in [-0.4, -0.2) is 44.5 Å². The molecule has 0 spiro atoms. The molecule has 0 fully saturated rings. The van der Waals surface area contributed by atoms with Gasteiger partial charge in [0.25, 0.3) is 17.7 Å². The quantitative estimate of drug-likeness (QED) is 0.247. The van der Waals surface area contributed by atoms with Crippen molar-refractivity contribution in [2.45, 2.75) is 20.3 Å². The number of imide groups is 1. The maximum absolute atomic E-state index is 13.4. The minimum Gasteiger partial charge on any atom is -0.497 e. The Morgan fingerprint density at radius 3 is 2.27 bits per heavy atom. The van der Waals surface area contributed by atoms with E-state index in [2.05, 4.69) is 10.6 Å². The van der Waals surface area contributed by atoms with E-state index in [1.54, 1.807) is 61.5 Å². The first-order valence-corrected chi connectivity index (χ1v) is 13.0. The second-order valence-electron chi connectivity index (χ2n) is 8.99. The Hall–Kier alpha value is -4.83. The predicted molar refractivity (Wildman–Crippen MR) is 155 cm³/mol. The molecule has 10 nitrogen and oxygen atoms in total. The summed E-state index contributed by atoms with van der Waals surface area (Å²) >= 11 is 6.32. The summed E-state index contributed by atoms with van der Waals surface area (Å²) in [5.74, 6) is -1.54. The van der Waals surface area contributed by atoms with E-state index >= 15 is 0 Å². The Kier molecular flexibility index (Phi) is 8.94. The number of ether oxygens (including phenoxy) is 3. The Morgan fingerprint density at radius 1 is 0.902 bits per heavy atom. The van der Waals surface area contributed by atoms with Crippen molar-refractivity contribution in [1.29, 1.82) is 0 Å². The summed E-state index contributed by atoms with van der Waals surface area (Å²) in [6.07, 6.45) is 0.719. The average Bonchev–Trinajstić information content (AvgIpc) is 3.19. The van der Waals surface area contributed by atoms with Gasteiger partial charge in [-0.3, -0.25) is 14.4 Å². The van der Waals surface area contributed by atoms with E-state index in [0.29, 0.717) is 34.9 Å². The van der Waals surface area contributed by atoms with E-state index in [9.17, 15) is 19.2 Å². The van der Waals surface area contributed by atoms with Gasteiger partial charge in [-0.2, -0.15) is 0 Å². The van der Waals surface area contributed by atoms with Crippen LogP contribution in [0.1, 0.15) is 39.6 Å². The van der Waals surface area contributed by atoms with E-state index < -0.39 is 23.7 Å². The van der Waals surface area contributed by atoms with Crippen molar-refractivity contribution in [2.75, 3.05) is 36.4 Å². The molecule has 1 aliphatic heterocycles. The van der Waals surface area contributed by atoms with Gasteiger partial charge in [0.1, 0.15) is 22.2 Å². The van der Waals surface area contributed by atoms with Gasteiger partial charge in [-0.25, -0.2) is 9.69 Å². The predicted octanol–water partition coefficient (Wildman–Crippen LogP) is 5.27. The summed E-state index contributed by atoms with van der Waals surface area (Å²) in [4.78, 5) is 52.3. The summed E-state index contributed by atoms with van der Waals surface area (Å²) in [5, 5.41) is 5.40. The molecule has 0 atom stereocenters. The summed E-state index contributed by atoms with van der Waals surface area (Å²) < 4.78 is 15.7. The monoisotopic (exact) mass is 577 g/mol. The summed E-state index contributed by atoms with van der Waals surface area (Å²) in [6.45, 7) is 4.01. The normalized spacial score (nSPS) is 12.9. The van der Waals surface area contributed by atoms with E-state index in [0.717, 1.165) is 11.3 Å². The van der Waals surface area contributed by atoms with Gasteiger partial charge in [-0.15, -0.1) is 0 Å². The third kappa shape index (κ3) is 6.17. The fraction of sp³-hybridized carbons (Fsp3) is 0.200. The van der Waals surface area contributed by atoms with Gasteiger partial charge < -0.3 is 24.8 Å². The SMILES string of the molecule is CCCOC(=O)c1ccc(NC(=O)c2ccc(C)c(NC3=C(Cl)C(=O)N(c4ccc(OC)cc4OC)C3=O)c2)cc1. The average molecular weight is 578 g/mol. The molecule has 4 rings (SSSR count). The molecule has 0 unspecified atom stereocenters. The van der Waals surface area contributed by atoms with Gasteiger partial charge in [-0.1, -0.05) is 24.6 Å². The van der Waals surface area contributed by atoms with Crippen molar-refractivity contribution in [3.05, 3.63) is 88.1 Å². The van der Waals surface area contributed by atoms with Crippen molar-refractivity contribution in [1.82, 2.24) is 0 Å². The van der Waals surface area contributed by atoms with E-state index in [1.807, 2.05) is 6.92 Å². The second-order valence-corrected chi connectivity index (χ2v) is 9.37. The molecule has 0 aliphatic carbocycles. The Bertz CT molecular complexity index is 1550. The number of hydrogen-bond donors (Lipinski definition) is 2. The van der Waals surface area contributed by atoms with Crippen LogP contribution in [0.2, 0.25) is 0 Å². The lowest BCUT2D eigenvalue weighted by Crippen LogP contribution is -2.32. The molecule has 11 heteroatoms. The zero-order valence-corrected chi connectivity index (χ0v) is 23.6. The first-order chi connectivity index (χ1) is 19.7. The topological polar surface area (TPSA) is 123 Å². The van der Waals surface area contributed by atoms with Crippen LogP contribution in [0, 0.1) is 6.92 Å². The molecule has 41 heavy (non-hydrogen) atoms. The van der Waals surface area contributed by atoms with Crippen LogP contribution >= 0.6 is 11.6 Å². The lowest BCUT2D eigenvalue weighted by molar-refractivity contribution is -0.120. The van der Waals surface area contributed by atoms with Crippen molar-refractivity contribution in [2.24, 2.45) is 0 Å². The first kappa shape index (κ1) is 29.2. The Labute approximate surface area is 241 Å². The molecule has 3 amide bonds. The molecule has 0 bridgehead atoms. The lowest BCUT2D eigenvalue weighted by atomic mass is 10.1. The largest absolute Gasteiger partial charge is 0.497 e. The molecule has 0 saturated heterocycles. The van der Waals surface area contributed by atoms with Gasteiger partial charge in [0.05, 0.1) is 32.1 Å². The van der Waals surface area contributed by atoms with E-state index in [4.69, 9.17) is 25.8 Å². The zero-order valence-electron chi connectivity index (χ0n) is 22.9. The smallest absolute Gasteiger partial charge is 0.338 e. The second kappa shape index (κ2) is 12.6. The Balaban J connectivity index is 1.52. The molecule has 1 aliphatic rings. The number of methoxy groups -OCH3 is 2. The number of nitrogens with zero attached hydrogens (tertiary/aromatic N) is 1. The molecule has 0 radical (unpaired) electrons. The van der Waals surface area contributed by atoms with Crippen molar-refractivity contribution in [3.8, 4) is 11.5 Å². The third-order valence-electron chi connectivity index (χ3n) is 6.23. The van der Waals surface area contributed by atoms with Crippen LogP contribution in [0.3, 0.4) is 0 Å². The van der Waals surface area contributed by atoms with Crippen LogP contribution in [0.5, 0.6) is 11.5 Å². The van der Waals surface area contributed by atoms with Crippen molar-refractivity contribution in [3.63, 3.8) is 0 Å². The van der Waals surface area contributed by atoms with Gasteiger partial charge >= 0.3 is 5.97 Å². The van der Waals surface area contributed by atoms with Gasteiger partial charge in [-0.05, 0) is 67.4 Å². The highest BCUT2D eigenvalue weighted by molar-refractivity contribution is 6.53. The molecule has 0 aromatic heterocycles. The molecule has 3 aromatic carbocycles. The highest BCUT2D eigenvalue weighted by atomic mass is 35.5. The van der Waals surface area contributed by atoms with Crippen LogP contribution in [0.4, 0.5) is 17.1 Å². The molecule has 1 heterocycles. The van der Waals surface area contributed by atoms with Crippen LogP contribution in [-0.2, 0) is 14.3 Å². The number of aryl methyl sites for hydroxylation is 1. The number of hydrogen-bond acceptors (Lipinski definition) is 8. The molecule has 0 saturated carbocycles. The number of nitrogens with one attached hydrogen (secondary N) is 2. The third-order valence-corrected chi connectivity index (χ3v) is 6.58. The van der Waals surface area contributed by atoms with Gasteiger partial charge in [0.15, 0.2) is 0 Å². The molecule has 3 aromatic rings. The molecular formula is C30H28ClN3O7. The highest BCUT2D eigenvalue weighted by Crippen LogP contribution is 2.38. The number of carbonyl (C=O) groups excluding carboxylic acids is 4. The maximum Gasteiger partial charge on any atom is 0.338 e. The van der Waals surface area contributed by atoms with Gasteiger partial charge in [0, 0.05) is 23.0 Å². The van der Waals surface area contributed by atoms with E-state index in [1.165, 1.54) is 20.3 Å². The van der Waals surface area contributed by atoms with Crippen LogP contribution in [0.25, 0.3) is 0 Å². The van der Waals surface area contributed by atoms with Crippen LogP contribution < -0.4 is 25.0 Å². The number of amides is 3. The standard InChI is InChI=1S/C30H28ClN3O7/c1-5-14-41-30(38)18-8-10-20(11-9-18)32-27(35)19-7-6-17(2)22(15-19)33-26-25(31)28(36)34(29(26)37)23-13-12-21(39-3)16-24(23)40-4/h6-13,15-16,33H,5,14H2,1-4H3,(H,32,35). The zero-order chi connectivity index (χ0) is 29.7. The molecular weight excluding hydrogens is 550 g/mol. The number of anilines is 3. The number of halogens is 1. The highest BCUT2D eigenvalue weighted by Gasteiger charge is 2.40. The van der Waals surface area contributed by atoms with Gasteiger partial charge in [0.2, 0.25) is 0 Å². The fourth-order valence-corrected chi connectivity index (χ4v) is 4.22. The van der Waals surface area contributed by atoms with Crippen LogP contribution in [0.15, 0.2) is 71.4 Å². The number of rotatable bonds is 10. The maximum atomic E-state index is 13.4. The number of benzene rings is 3. The number of carbonyl (C=O) groups is 4. The minimum atomic E-state index is -0.726. The molecule has 212 valence electrons.